The van der Waals surface area contributed by atoms with Crippen molar-refractivity contribution in [1.82, 2.24) is 24.7 Å². The van der Waals surface area contributed by atoms with E-state index in [4.69, 9.17) is 4.74 Å². The molecule has 26 heavy (non-hydrogen) atoms. The van der Waals surface area contributed by atoms with Crippen LogP contribution in [0.3, 0.4) is 0 Å². The van der Waals surface area contributed by atoms with Gasteiger partial charge in [-0.05, 0) is 12.1 Å². The fourth-order valence-electron chi connectivity index (χ4n) is 2.69. The van der Waals surface area contributed by atoms with Gasteiger partial charge in [-0.2, -0.15) is 5.10 Å². The Hall–Kier alpha value is -3.49. The molecular weight excluding hydrogens is 334 g/mol. The summed E-state index contributed by atoms with van der Waals surface area (Å²) < 4.78 is 6.68. The van der Waals surface area contributed by atoms with Crippen molar-refractivity contribution in [2.45, 2.75) is 0 Å². The van der Waals surface area contributed by atoms with Crippen molar-refractivity contribution < 1.29 is 9.53 Å². The molecule has 0 aliphatic carbocycles. The number of nitrogens with zero attached hydrogens (tertiary/aromatic N) is 6. The summed E-state index contributed by atoms with van der Waals surface area (Å²) in [6, 6.07) is 7.16. The zero-order valence-corrected chi connectivity index (χ0v) is 14.1. The summed E-state index contributed by atoms with van der Waals surface area (Å²) >= 11 is 0. The fraction of sp³-hybridized carbons (Fsp3) is 0.235. The second-order valence-corrected chi connectivity index (χ2v) is 5.87. The molecule has 1 N–H and O–H groups in total. The van der Waals surface area contributed by atoms with Crippen LogP contribution < -0.4 is 15.0 Å². The highest BCUT2D eigenvalue weighted by Gasteiger charge is 2.33. The van der Waals surface area contributed by atoms with Gasteiger partial charge < -0.3 is 15.0 Å². The van der Waals surface area contributed by atoms with Gasteiger partial charge in [0.15, 0.2) is 5.82 Å². The Morgan fingerprint density at radius 3 is 2.77 bits per heavy atom. The van der Waals surface area contributed by atoms with E-state index >= 15 is 0 Å². The Bertz CT molecular complexity index is 890. The van der Waals surface area contributed by atoms with Crippen LogP contribution in [-0.2, 0) is 4.79 Å². The van der Waals surface area contributed by atoms with Crippen LogP contribution >= 0.6 is 0 Å². The summed E-state index contributed by atoms with van der Waals surface area (Å²) in [5, 5.41) is 7.03. The van der Waals surface area contributed by atoms with Gasteiger partial charge in [-0.3, -0.25) is 4.79 Å². The minimum Gasteiger partial charge on any atom is -0.481 e. The third-order valence-corrected chi connectivity index (χ3v) is 4.17. The number of hydrogen-bond donors (Lipinski definition) is 1. The molecule has 0 radical (unpaired) electrons. The van der Waals surface area contributed by atoms with Gasteiger partial charge in [0, 0.05) is 37.6 Å². The number of amides is 1. The maximum absolute atomic E-state index is 12.3. The predicted octanol–water partition coefficient (Wildman–Crippen LogP) is 1.14. The summed E-state index contributed by atoms with van der Waals surface area (Å²) in [6.45, 7) is 1.20. The van der Waals surface area contributed by atoms with Gasteiger partial charge in [-0.25, -0.2) is 19.6 Å². The number of rotatable bonds is 5. The third kappa shape index (κ3) is 3.18. The topological polar surface area (TPSA) is 98.1 Å². The van der Waals surface area contributed by atoms with Gasteiger partial charge >= 0.3 is 0 Å². The summed E-state index contributed by atoms with van der Waals surface area (Å²) in [5.41, 5.74) is 0.650. The number of methoxy groups -OCH3 is 1. The van der Waals surface area contributed by atoms with Crippen molar-refractivity contribution in [2.24, 2.45) is 5.92 Å². The molecule has 132 valence electrons. The standard InChI is InChI=1S/C17H17N7O2/c1-26-16-4-3-13(8-18-16)22-17(25)12-9-23(10-12)14-7-15(20-11-19-14)24-6-2-5-21-24/h2-8,11-12H,9-10H2,1H3,(H,22,25). The highest BCUT2D eigenvalue weighted by Crippen LogP contribution is 2.24. The van der Waals surface area contributed by atoms with Crippen LogP contribution in [0, 0.1) is 5.92 Å². The number of aromatic nitrogens is 5. The number of carbonyl (C=O) groups excluding carboxylic acids is 1. The molecule has 1 fully saturated rings. The first-order chi connectivity index (χ1) is 12.7. The smallest absolute Gasteiger partial charge is 0.231 e. The number of hydrogen-bond acceptors (Lipinski definition) is 7. The minimum absolute atomic E-state index is 0.0328. The molecule has 0 spiro atoms. The predicted molar refractivity (Wildman–Crippen MR) is 94.3 cm³/mol. The van der Waals surface area contributed by atoms with Gasteiger partial charge in [-0.1, -0.05) is 0 Å². The monoisotopic (exact) mass is 351 g/mol. The van der Waals surface area contributed by atoms with Crippen LogP contribution in [-0.4, -0.2) is 50.8 Å². The lowest BCUT2D eigenvalue weighted by atomic mass is 9.99. The Morgan fingerprint density at radius 2 is 2.08 bits per heavy atom. The van der Waals surface area contributed by atoms with E-state index in [1.165, 1.54) is 6.33 Å². The van der Waals surface area contributed by atoms with Crippen LogP contribution in [0.25, 0.3) is 5.82 Å². The average Bonchev–Trinajstić information content (AvgIpc) is 3.16. The lowest BCUT2D eigenvalue weighted by molar-refractivity contribution is -0.120. The van der Waals surface area contributed by atoms with Crippen molar-refractivity contribution in [3.05, 3.63) is 49.2 Å². The zero-order valence-electron chi connectivity index (χ0n) is 14.1. The van der Waals surface area contributed by atoms with Crippen LogP contribution in [0.5, 0.6) is 5.88 Å². The minimum atomic E-state index is -0.0970. The summed E-state index contributed by atoms with van der Waals surface area (Å²) in [7, 11) is 1.55. The molecular formula is C17H17N7O2. The molecule has 3 aromatic heterocycles. The first kappa shape index (κ1) is 16.0. The number of pyridine rings is 1. The maximum Gasteiger partial charge on any atom is 0.231 e. The van der Waals surface area contributed by atoms with Gasteiger partial charge in [0.1, 0.15) is 12.1 Å². The molecule has 9 heteroatoms. The normalized spacial score (nSPS) is 14.0. The van der Waals surface area contributed by atoms with Crippen molar-refractivity contribution in [3.8, 4) is 11.7 Å². The Morgan fingerprint density at radius 1 is 1.23 bits per heavy atom. The van der Waals surface area contributed by atoms with E-state index in [0.717, 1.165) is 5.82 Å². The van der Waals surface area contributed by atoms with Crippen LogP contribution in [0.2, 0.25) is 0 Å². The lowest BCUT2D eigenvalue weighted by Gasteiger charge is -2.39. The molecule has 1 aliphatic heterocycles. The van der Waals surface area contributed by atoms with E-state index in [0.29, 0.717) is 30.5 Å². The van der Waals surface area contributed by atoms with Crippen LogP contribution in [0.15, 0.2) is 49.2 Å². The Labute approximate surface area is 149 Å². The largest absolute Gasteiger partial charge is 0.481 e. The molecule has 1 aliphatic rings. The van der Waals surface area contributed by atoms with Crippen molar-refractivity contribution in [3.63, 3.8) is 0 Å². The van der Waals surface area contributed by atoms with E-state index in [2.05, 4.69) is 25.4 Å². The SMILES string of the molecule is COc1ccc(NC(=O)C2CN(c3cc(-n4cccn4)ncn3)C2)cn1. The fourth-order valence-corrected chi connectivity index (χ4v) is 2.69. The molecule has 0 saturated carbocycles. The number of anilines is 2. The molecule has 0 atom stereocenters. The zero-order chi connectivity index (χ0) is 17.9. The first-order valence-corrected chi connectivity index (χ1v) is 8.11. The third-order valence-electron chi connectivity index (χ3n) is 4.17. The Balaban J connectivity index is 1.36. The Kier molecular flexibility index (Phi) is 4.18. The molecule has 0 aromatic carbocycles. The molecule has 1 saturated heterocycles. The van der Waals surface area contributed by atoms with Gasteiger partial charge in [0.2, 0.25) is 11.8 Å². The van der Waals surface area contributed by atoms with E-state index in [-0.39, 0.29) is 11.8 Å². The molecule has 1 amide bonds. The second-order valence-electron chi connectivity index (χ2n) is 5.87. The molecule has 0 unspecified atom stereocenters. The van der Waals surface area contributed by atoms with E-state index in [1.807, 2.05) is 23.2 Å². The number of nitrogens with one attached hydrogen (secondary N) is 1. The average molecular weight is 351 g/mol. The highest BCUT2D eigenvalue weighted by molar-refractivity contribution is 5.94. The van der Waals surface area contributed by atoms with E-state index < -0.39 is 0 Å². The second kappa shape index (κ2) is 6.79. The molecule has 4 heterocycles. The van der Waals surface area contributed by atoms with Crippen molar-refractivity contribution in [2.75, 3.05) is 30.4 Å². The number of carbonyl (C=O) groups is 1. The maximum atomic E-state index is 12.3. The quantitative estimate of drug-likeness (QED) is 0.736. The lowest BCUT2D eigenvalue weighted by Crippen LogP contribution is -2.52. The number of ether oxygens (including phenoxy) is 1. The van der Waals surface area contributed by atoms with Gasteiger partial charge in [0.05, 0.1) is 24.9 Å². The highest BCUT2D eigenvalue weighted by atomic mass is 16.5. The van der Waals surface area contributed by atoms with E-state index in [1.54, 1.807) is 36.3 Å². The van der Waals surface area contributed by atoms with Crippen LogP contribution in [0.1, 0.15) is 0 Å². The summed E-state index contributed by atoms with van der Waals surface area (Å²) in [4.78, 5) is 26.9. The van der Waals surface area contributed by atoms with E-state index in [9.17, 15) is 4.79 Å². The molecule has 3 aromatic rings. The molecule has 4 rings (SSSR count). The first-order valence-electron chi connectivity index (χ1n) is 8.11. The summed E-state index contributed by atoms with van der Waals surface area (Å²) in [6.07, 6.45) is 6.60. The van der Waals surface area contributed by atoms with Gasteiger partial charge in [-0.15, -0.1) is 0 Å². The van der Waals surface area contributed by atoms with Gasteiger partial charge in [0.25, 0.3) is 0 Å². The molecule has 0 bridgehead atoms. The molecule has 9 nitrogen and oxygen atoms in total. The van der Waals surface area contributed by atoms with Crippen LogP contribution in [0.4, 0.5) is 11.5 Å². The van der Waals surface area contributed by atoms with Crippen molar-refractivity contribution >= 4 is 17.4 Å². The van der Waals surface area contributed by atoms with Crippen molar-refractivity contribution in [1.29, 1.82) is 0 Å². The summed E-state index contributed by atoms with van der Waals surface area (Å²) in [5.74, 6) is 1.85.